The molecule has 0 rings (SSSR count). The number of carbonyl (C=O) groups is 1. The number of aliphatic hydroxyl groups excluding tert-OH is 1. The Balaban J connectivity index is 3.39. The van der Waals surface area contributed by atoms with E-state index in [-0.39, 0.29) is 13.0 Å². The molecule has 7 nitrogen and oxygen atoms in total. The molecule has 0 aliphatic rings. The Kier molecular flexibility index (Phi) is 17.8. The van der Waals surface area contributed by atoms with Gasteiger partial charge < -0.3 is 19.6 Å². The topological polar surface area (TPSA) is 113 Å². The van der Waals surface area contributed by atoms with Crippen LogP contribution in [0.3, 0.4) is 0 Å². The minimum Gasteiger partial charge on any atom is -0.463 e. The van der Waals surface area contributed by atoms with Crippen molar-refractivity contribution in [1.82, 2.24) is 0 Å². The monoisotopic (exact) mass is 422 g/mol. The van der Waals surface area contributed by atoms with Crippen LogP contribution in [0.15, 0.2) is 12.2 Å². The molecule has 0 aromatic heterocycles. The van der Waals surface area contributed by atoms with E-state index in [1.165, 1.54) is 44.9 Å². The van der Waals surface area contributed by atoms with Crippen LogP contribution in [-0.4, -0.2) is 40.2 Å². The smallest absolute Gasteiger partial charge is 0.463 e. The summed E-state index contributed by atoms with van der Waals surface area (Å²) in [4.78, 5) is 28.5. The van der Waals surface area contributed by atoms with E-state index in [0.29, 0.717) is 0 Å². The Bertz CT molecular complexity index is 448. The summed E-state index contributed by atoms with van der Waals surface area (Å²) < 4.78 is 19.5. The van der Waals surface area contributed by atoms with Crippen molar-refractivity contribution in [1.29, 1.82) is 0 Å². The zero-order valence-electron chi connectivity index (χ0n) is 17.3. The summed E-state index contributed by atoms with van der Waals surface area (Å²) in [6, 6.07) is 0. The van der Waals surface area contributed by atoms with E-state index >= 15 is 0 Å². The van der Waals surface area contributed by atoms with Crippen LogP contribution in [0.1, 0.15) is 90.4 Å². The van der Waals surface area contributed by atoms with Gasteiger partial charge in [0.05, 0.1) is 6.61 Å². The van der Waals surface area contributed by atoms with Gasteiger partial charge in [0.1, 0.15) is 12.7 Å². The van der Waals surface area contributed by atoms with Gasteiger partial charge in [0.25, 0.3) is 0 Å². The van der Waals surface area contributed by atoms with Gasteiger partial charge in [-0.15, -0.1) is 0 Å². The van der Waals surface area contributed by atoms with Gasteiger partial charge in [-0.3, -0.25) is 9.32 Å². The van der Waals surface area contributed by atoms with Crippen LogP contribution in [0.25, 0.3) is 0 Å². The van der Waals surface area contributed by atoms with Gasteiger partial charge in [0.2, 0.25) is 0 Å². The number of carbonyl (C=O) groups excluding carboxylic acids is 1. The van der Waals surface area contributed by atoms with Gasteiger partial charge in [0.15, 0.2) is 0 Å². The van der Waals surface area contributed by atoms with Crippen molar-refractivity contribution in [3.8, 4) is 0 Å². The Hall–Kier alpha value is -0.720. The maximum absolute atomic E-state index is 11.5. The predicted molar refractivity (Wildman–Crippen MR) is 110 cm³/mol. The van der Waals surface area contributed by atoms with Crippen molar-refractivity contribution in [2.75, 3.05) is 13.2 Å². The number of unbranched alkanes of at least 4 members (excludes halogenated alkanes) is 10. The van der Waals surface area contributed by atoms with Gasteiger partial charge in [0, 0.05) is 6.42 Å². The molecule has 0 radical (unpaired) electrons. The van der Waals surface area contributed by atoms with Gasteiger partial charge in [-0.05, 0) is 32.1 Å². The van der Waals surface area contributed by atoms with Crippen molar-refractivity contribution >= 4 is 13.8 Å². The van der Waals surface area contributed by atoms with Crippen LogP contribution in [0.4, 0.5) is 0 Å². The largest absolute Gasteiger partial charge is 0.469 e. The predicted octanol–water partition coefficient (Wildman–Crippen LogP) is 4.65. The molecule has 0 bridgehead atoms. The van der Waals surface area contributed by atoms with E-state index in [9.17, 15) is 14.5 Å². The van der Waals surface area contributed by atoms with Crippen molar-refractivity contribution in [3.05, 3.63) is 12.2 Å². The number of phosphoric acid groups is 1. The average Bonchev–Trinajstić information content (AvgIpc) is 2.64. The first kappa shape index (κ1) is 27.3. The quantitative estimate of drug-likeness (QED) is 0.120. The summed E-state index contributed by atoms with van der Waals surface area (Å²) in [7, 11) is -4.62. The molecule has 0 aliphatic heterocycles. The summed E-state index contributed by atoms with van der Waals surface area (Å²) in [6.07, 6.45) is 17.6. The van der Waals surface area contributed by atoms with Crippen LogP contribution >= 0.6 is 7.82 Å². The number of aliphatic hydroxyl groups is 1. The van der Waals surface area contributed by atoms with Crippen LogP contribution < -0.4 is 0 Å². The summed E-state index contributed by atoms with van der Waals surface area (Å²) in [6.45, 7) is 1.32. The molecular weight excluding hydrogens is 383 g/mol. The molecule has 0 heterocycles. The van der Waals surface area contributed by atoms with E-state index in [2.05, 4.69) is 23.6 Å². The van der Waals surface area contributed by atoms with Crippen LogP contribution in [0.5, 0.6) is 0 Å². The summed E-state index contributed by atoms with van der Waals surface area (Å²) in [5.74, 6) is -0.419. The SMILES string of the molecule is CCCCCCC/C=C\CCCCCCCC(=O)OC[C@H](O)COP(=O)(O)O. The van der Waals surface area contributed by atoms with Gasteiger partial charge in [-0.2, -0.15) is 0 Å². The second-order valence-electron chi connectivity index (χ2n) is 7.10. The molecular formula is C20H39O7P. The molecule has 0 amide bonds. The summed E-state index contributed by atoms with van der Waals surface area (Å²) >= 11 is 0. The number of phosphoric ester groups is 1. The highest BCUT2D eigenvalue weighted by Gasteiger charge is 2.17. The third-order valence-electron chi connectivity index (χ3n) is 4.26. The van der Waals surface area contributed by atoms with E-state index in [1.807, 2.05) is 0 Å². The fraction of sp³-hybridized carbons (Fsp3) is 0.850. The maximum Gasteiger partial charge on any atom is 0.469 e. The molecule has 0 saturated heterocycles. The second-order valence-corrected chi connectivity index (χ2v) is 8.34. The second kappa shape index (κ2) is 18.3. The molecule has 0 aliphatic carbocycles. The molecule has 0 aromatic rings. The Labute approximate surface area is 169 Å². The maximum atomic E-state index is 11.5. The Morgan fingerprint density at radius 2 is 1.43 bits per heavy atom. The zero-order chi connectivity index (χ0) is 21.1. The number of hydrogen-bond donors (Lipinski definition) is 3. The standard InChI is InChI=1S/C20H39O7P/c1-2-3-4-5-6-7-8-9-10-11-12-13-14-15-16-20(22)26-17-19(21)18-27-28(23,24)25/h8-9,19,21H,2-7,10-18H2,1H3,(H2,23,24,25)/b9-8-/t19-/m0/s1. The third-order valence-corrected chi connectivity index (χ3v) is 4.75. The van der Waals surface area contributed by atoms with Crippen LogP contribution in [0.2, 0.25) is 0 Å². The van der Waals surface area contributed by atoms with Crippen molar-refractivity contribution in [3.63, 3.8) is 0 Å². The number of ether oxygens (including phenoxy) is 1. The summed E-state index contributed by atoms with van der Waals surface area (Å²) in [5, 5.41) is 9.40. The fourth-order valence-corrected chi connectivity index (χ4v) is 3.02. The Morgan fingerprint density at radius 1 is 0.893 bits per heavy atom. The lowest BCUT2D eigenvalue weighted by atomic mass is 10.1. The molecule has 0 unspecified atom stereocenters. The molecule has 1 atom stereocenters. The van der Waals surface area contributed by atoms with E-state index < -0.39 is 26.5 Å². The highest BCUT2D eigenvalue weighted by Crippen LogP contribution is 2.35. The van der Waals surface area contributed by atoms with E-state index in [4.69, 9.17) is 14.5 Å². The van der Waals surface area contributed by atoms with Crippen molar-refractivity contribution in [2.24, 2.45) is 0 Å². The van der Waals surface area contributed by atoms with E-state index in [1.54, 1.807) is 0 Å². The lowest BCUT2D eigenvalue weighted by Gasteiger charge is -2.12. The minimum absolute atomic E-state index is 0.282. The molecule has 0 fully saturated rings. The number of hydrogen-bond acceptors (Lipinski definition) is 5. The first-order valence-electron chi connectivity index (χ1n) is 10.5. The lowest BCUT2D eigenvalue weighted by molar-refractivity contribution is -0.147. The zero-order valence-corrected chi connectivity index (χ0v) is 18.2. The Morgan fingerprint density at radius 3 is 2.00 bits per heavy atom. The van der Waals surface area contributed by atoms with Crippen molar-refractivity contribution in [2.45, 2.75) is 96.5 Å². The van der Waals surface area contributed by atoms with Crippen molar-refractivity contribution < 1.29 is 33.5 Å². The molecule has 0 aromatic carbocycles. The van der Waals surface area contributed by atoms with Gasteiger partial charge in [-0.1, -0.05) is 64.0 Å². The molecule has 28 heavy (non-hydrogen) atoms. The average molecular weight is 422 g/mol. The third kappa shape index (κ3) is 21.6. The normalized spacial score (nSPS) is 13.1. The highest BCUT2D eigenvalue weighted by molar-refractivity contribution is 7.46. The molecule has 0 saturated carbocycles. The number of esters is 1. The lowest BCUT2D eigenvalue weighted by Crippen LogP contribution is -2.23. The van der Waals surface area contributed by atoms with Crippen LogP contribution in [-0.2, 0) is 18.6 Å². The van der Waals surface area contributed by atoms with Crippen LogP contribution in [0, 0.1) is 0 Å². The fourth-order valence-electron chi connectivity index (χ4n) is 2.66. The van der Waals surface area contributed by atoms with Gasteiger partial charge in [-0.25, -0.2) is 4.57 Å². The first-order valence-corrected chi connectivity index (χ1v) is 12.1. The molecule has 166 valence electrons. The highest BCUT2D eigenvalue weighted by atomic mass is 31.2. The molecule has 0 spiro atoms. The summed E-state index contributed by atoms with van der Waals surface area (Å²) in [5.41, 5.74) is 0. The molecule has 8 heteroatoms. The van der Waals surface area contributed by atoms with Gasteiger partial charge >= 0.3 is 13.8 Å². The number of allylic oxidation sites excluding steroid dienone is 2. The van der Waals surface area contributed by atoms with E-state index in [0.717, 1.165) is 32.1 Å². The molecule has 3 N–H and O–H groups in total. The number of rotatable bonds is 19. The minimum atomic E-state index is -4.62. The first-order chi connectivity index (χ1) is 13.3.